The summed E-state index contributed by atoms with van der Waals surface area (Å²) in [5, 5.41) is 6.24. The number of benzene rings is 1. The van der Waals surface area contributed by atoms with Crippen LogP contribution in [0.15, 0.2) is 29.6 Å². The van der Waals surface area contributed by atoms with Gasteiger partial charge in [-0.2, -0.15) is 0 Å². The molecule has 140 valence electrons. The Kier molecular flexibility index (Phi) is 7.06. The highest BCUT2D eigenvalue weighted by Gasteiger charge is 2.16. The van der Waals surface area contributed by atoms with Gasteiger partial charge in [0.2, 0.25) is 5.91 Å². The van der Waals surface area contributed by atoms with Gasteiger partial charge in [-0.15, -0.1) is 11.3 Å². The van der Waals surface area contributed by atoms with Crippen LogP contribution in [0.5, 0.6) is 0 Å². The summed E-state index contributed by atoms with van der Waals surface area (Å²) in [7, 11) is 0. The highest BCUT2D eigenvalue weighted by atomic mass is 32.1. The third-order valence-electron chi connectivity index (χ3n) is 4.84. The molecule has 0 spiro atoms. The van der Waals surface area contributed by atoms with Crippen LogP contribution in [0.2, 0.25) is 0 Å². The second-order valence-electron chi connectivity index (χ2n) is 7.00. The summed E-state index contributed by atoms with van der Waals surface area (Å²) in [4.78, 5) is 19.2. The Morgan fingerprint density at radius 3 is 2.58 bits per heavy atom. The molecule has 1 aliphatic heterocycles. The van der Waals surface area contributed by atoms with E-state index in [-0.39, 0.29) is 5.91 Å². The Labute approximate surface area is 160 Å². The molecule has 2 heterocycles. The van der Waals surface area contributed by atoms with Crippen LogP contribution in [0.25, 0.3) is 11.3 Å². The van der Waals surface area contributed by atoms with E-state index in [0.29, 0.717) is 6.42 Å². The van der Waals surface area contributed by atoms with Gasteiger partial charge in [0.05, 0.1) is 5.69 Å². The minimum atomic E-state index is 0.110. The van der Waals surface area contributed by atoms with Crippen LogP contribution in [0, 0.1) is 0 Å². The van der Waals surface area contributed by atoms with Gasteiger partial charge in [-0.3, -0.25) is 4.79 Å². The zero-order chi connectivity index (χ0) is 18.2. The number of carbonyl (C=O) groups excluding carboxylic acids is 1. The molecule has 0 saturated carbocycles. The summed E-state index contributed by atoms with van der Waals surface area (Å²) in [6.07, 6.45) is 8.98. The lowest BCUT2D eigenvalue weighted by Crippen LogP contribution is -2.17. The van der Waals surface area contributed by atoms with Crippen LogP contribution in [0.3, 0.4) is 0 Å². The van der Waals surface area contributed by atoms with Gasteiger partial charge in [0, 0.05) is 36.1 Å². The van der Waals surface area contributed by atoms with E-state index >= 15 is 0 Å². The van der Waals surface area contributed by atoms with E-state index in [1.54, 1.807) is 11.3 Å². The second-order valence-corrected chi connectivity index (χ2v) is 7.84. The van der Waals surface area contributed by atoms with Gasteiger partial charge in [0.1, 0.15) is 0 Å². The lowest BCUT2D eigenvalue weighted by Gasteiger charge is -2.12. The van der Waals surface area contributed by atoms with E-state index in [9.17, 15) is 4.79 Å². The number of nitrogens with zero attached hydrogens (tertiary/aromatic N) is 2. The van der Waals surface area contributed by atoms with Crippen LogP contribution < -0.4 is 10.2 Å². The molecule has 1 N–H and O–H groups in total. The van der Waals surface area contributed by atoms with Crippen LogP contribution in [-0.4, -0.2) is 24.0 Å². The van der Waals surface area contributed by atoms with Gasteiger partial charge in [-0.05, 0) is 31.4 Å². The molecule has 0 unspecified atom stereocenters. The largest absolute Gasteiger partial charge is 0.348 e. The van der Waals surface area contributed by atoms with Gasteiger partial charge in [0.15, 0.2) is 5.13 Å². The smallest absolute Gasteiger partial charge is 0.224 e. The summed E-state index contributed by atoms with van der Waals surface area (Å²) in [6, 6.07) is 8.03. The zero-order valence-electron chi connectivity index (χ0n) is 15.7. The fraction of sp³-hybridized carbons (Fsp3) is 0.524. The number of nitrogens with one attached hydrogen (secondary N) is 1. The quantitative estimate of drug-likeness (QED) is 0.574. The van der Waals surface area contributed by atoms with Crippen molar-refractivity contribution >= 4 is 28.1 Å². The number of hydrogen-bond donors (Lipinski definition) is 1. The van der Waals surface area contributed by atoms with Crippen molar-refractivity contribution in [3.05, 3.63) is 29.6 Å². The molecule has 3 rings (SSSR count). The van der Waals surface area contributed by atoms with E-state index in [0.717, 1.165) is 48.0 Å². The number of anilines is 2. The molecule has 1 amide bonds. The fourth-order valence-electron chi connectivity index (χ4n) is 3.29. The standard InChI is InChI=1S/C21H29N3OS/c1-2-3-4-5-6-9-20(25)22-18-12-10-17(11-13-18)19-16-26-21(23-19)24-14-7-8-15-24/h10-13,16H,2-9,14-15H2,1H3,(H,22,25). The normalized spacial score (nSPS) is 14.0. The molecule has 0 aliphatic carbocycles. The average Bonchev–Trinajstić information content (AvgIpc) is 3.34. The topological polar surface area (TPSA) is 45.2 Å². The van der Waals surface area contributed by atoms with Crippen LogP contribution in [-0.2, 0) is 4.79 Å². The SMILES string of the molecule is CCCCCCCC(=O)Nc1ccc(-c2csc(N3CCCC3)n2)cc1. The van der Waals surface area contributed by atoms with Crippen molar-refractivity contribution in [2.45, 2.75) is 58.3 Å². The molecule has 5 heteroatoms. The maximum absolute atomic E-state index is 12.0. The van der Waals surface area contributed by atoms with Gasteiger partial charge >= 0.3 is 0 Å². The van der Waals surface area contributed by atoms with Gasteiger partial charge < -0.3 is 10.2 Å². The van der Waals surface area contributed by atoms with Gasteiger partial charge in [-0.1, -0.05) is 44.7 Å². The summed E-state index contributed by atoms with van der Waals surface area (Å²) >= 11 is 1.72. The van der Waals surface area contributed by atoms with Crippen molar-refractivity contribution in [1.29, 1.82) is 0 Å². The van der Waals surface area contributed by atoms with Crippen molar-refractivity contribution in [3.8, 4) is 11.3 Å². The lowest BCUT2D eigenvalue weighted by molar-refractivity contribution is -0.116. The van der Waals surface area contributed by atoms with E-state index < -0.39 is 0 Å². The highest BCUT2D eigenvalue weighted by molar-refractivity contribution is 7.14. The molecule has 1 saturated heterocycles. The second kappa shape index (κ2) is 9.72. The maximum atomic E-state index is 12.0. The molecule has 0 bridgehead atoms. The van der Waals surface area contributed by atoms with E-state index in [2.05, 4.69) is 22.5 Å². The molecular formula is C21H29N3OS. The number of unbranched alkanes of at least 4 members (excludes halogenated alkanes) is 4. The Morgan fingerprint density at radius 1 is 1.12 bits per heavy atom. The predicted octanol–water partition coefficient (Wildman–Crippen LogP) is 5.71. The molecule has 1 aromatic heterocycles. The molecule has 26 heavy (non-hydrogen) atoms. The number of aromatic nitrogens is 1. The average molecular weight is 372 g/mol. The van der Waals surface area contributed by atoms with Crippen LogP contribution >= 0.6 is 11.3 Å². The van der Waals surface area contributed by atoms with Crippen molar-refractivity contribution in [3.63, 3.8) is 0 Å². The third kappa shape index (κ3) is 5.31. The first-order valence-corrected chi connectivity index (χ1v) is 10.7. The van der Waals surface area contributed by atoms with E-state index in [1.807, 2.05) is 24.3 Å². The Bertz CT molecular complexity index is 690. The number of amides is 1. The molecule has 0 atom stereocenters. The van der Waals surface area contributed by atoms with Crippen LogP contribution in [0.4, 0.5) is 10.8 Å². The summed E-state index contributed by atoms with van der Waals surface area (Å²) < 4.78 is 0. The van der Waals surface area contributed by atoms with Gasteiger partial charge in [-0.25, -0.2) is 4.98 Å². The van der Waals surface area contributed by atoms with Crippen molar-refractivity contribution < 1.29 is 4.79 Å². The molecule has 4 nitrogen and oxygen atoms in total. The monoisotopic (exact) mass is 371 g/mol. The number of hydrogen-bond acceptors (Lipinski definition) is 4. The zero-order valence-corrected chi connectivity index (χ0v) is 16.5. The first-order chi connectivity index (χ1) is 12.8. The number of thiazole rings is 1. The number of carbonyl (C=O) groups is 1. The molecular weight excluding hydrogens is 342 g/mol. The summed E-state index contributed by atoms with van der Waals surface area (Å²) in [5.41, 5.74) is 2.98. The van der Waals surface area contributed by atoms with Crippen molar-refractivity contribution in [1.82, 2.24) is 4.98 Å². The first kappa shape index (κ1) is 18.9. The Balaban J connectivity index is 1.49. The van der Waals surface area contributed by atoms with Crippen molar-refractivity contribution in [2.24, 2.45) is 0 Å². The van der Waals surface area contributed by atoms with Gasteiger partial charge in [0.25, 0.3) is 0 Å². The molecule has 0 radical (unpaired) electrons. The van der Waals surface area contributed by atoms with E-state index in [4.69, 9.17) is 4.98 Å². The maximum Gasteiger partial charge on any atom is 0.224 e. The summed E-state index contributed by atoms with van der Waals surface area (Å²) in [5.74, 6) is 0.110. The minimum absolute atomic E-state index is 0.110. The molecule has 1 fully saturated rings. The first-order valence-electron chi connectivity index (χ1n) is 9.87. The lowest BCUT2D eigenvalue weighted by atomic mass is 10.1. The highest BCUT2D eigenvalue weighted by Crippen LogP contribution is 2.30. The Morgan fingerprint density at radius 2 is 1.85 bits per heavy atom. The minimum Gasteiger partial charge on any atom is -0.348 e. The van der Waals surface area contributed by atoms with Crippen molar-refractivity contribution in [2.75, 3.05) is 23.3 Å². The predicted molar refractivity (Wildman–Crippen MR) is 111 cm³/mol. The Hall–Kier alpha value is -1.88. The van der Waals surface area contributed by atoms with Crippen LogP contribution in [0.1, 0.15) is 58.3 Å². The number of rotatable bonds is 9. The third-order valence-corrected chi connectivity index (χ3v) is 5.74. The fourth-order valence-corrected chi connectivity index (χ4v) is 4.18. The molecule has 1 aliphatic rings. The molecule has 2 aromatic rings. The summed E-state index contributed by atoms with van der Waals surface area (Å²) in [6.45, 7) is 4.45. The van der Waals surface area contributed by atoms with E-state index in [1.165, 1.54) is 32.1 Å². The molecule has 1 aromatic carbocycles.